The Morgan fingerprint density at radius 3 is 2.78 bits per heavy atom. The number of aryl methyl sites for hydroxylation is 1. The number of benzene rings is 1. The third-order valence-electron chi connectivity index (χ3n) is 4.39. The standard InChI is InChI=1S/C20H24ClN7O3S/c1-14-3-5-16(6-4-14)31-10-9-27(2)18(30)13-28-12-15(11-23-28)24-17(29)7-8-22-20-25-19(21)26-32-20/h3-6,11-12H,7-10,13H2,1-2H3,(H,24,29)(H,22,25,26). The highest BCUT2D eigenvalue weighted by atomic mass is 35.5. The Morgan fingerprint density at radius 2 is 2.06 bits per heavy atom. The molecule has 0 bridgehead atoms. The zero-order chi connectivity index (χ0) is 22.9. The predicted octanol–water partition coefficient (Wildman–Crippen LogP) is 2.67. The van der Waals surface area contributed by atoms with Crippen LogP contribution in [0, 0.1) is 6.92 Å². The third-order valence-corrected chi connectivity index (χ3v) is 5.33. The zero-order valence-corrected chi connectivity index (χ0v) is 19.3. The van der Waals surface area contributed by atoms with Gasteiger partial charge in [-0.25, -0.2) is 0 Å². The molecule has 0 radical (unpaired) electrons. The molecule has 0 aliphatic carbocycles. The second kappa shape index (κ2) is 11.4. The molecule has 3 rings (SSSR count). The van der Waals surface area contributed by atoms with Crippen molar-refractivity contribution in [3.63, 3.8) is 0 Å². The molecule has 0 fully saturated rings. The number of rotatable bonds is 11. The van der Waals surface area contributed by atoms with Gasteiger partial charge in [0.15, 0.2) is 0 Å². The van der Waals surface area contributed by atoms with Crippen molar-refractivity contribution in [1.82, 2.24) is 24.0 Å². The van der Waals surface area contributed by atoms with Crippen molar-refractivity contribution in [2.45, 2.75) is 19.9 Å². The van der Waals surface area contributed by atoms with Crippen LogP contribution in [-0.2, 0) is 16.1 Å². The number of aromatic nitrogens is 4. The summed E-state index contributed by atoms with van der Waals surface area (Å²) in [5.41, 5.74) is 1.68. The maximum absolute atomic E-state index is 12.4. The summed E-state index contributed by atoms with van der Waals surface area (Å²) in [5, 5.41) is 10.6. The Morgan fingerprint density at radius 1 is 1.28 bits per heavy atom. The van der Waals surface area contributed by atoms with Crippen LogP contribution in [0.25, 0.3) is 0 Å². The molecule has 2 aromatic heterocycles. The lowest BCUT2D eigenvalue weighted by atomic mass is 10.2. The monoisotopic (exact) mass is 477 g/mol. The highest BCUT2D eigenvalue weighted by Gasteiger charge is 2.12. The first-order valence-electron chi connectivity index (χ1n) is 9.88. The molecular formula is C20H24ClN7O3S. The van der Waals surface area contributed by atoms with Crippen LogP contribution in [0.5, 0.6) is 5.75 Å². The fourth-order valence-electron chi connectivity index (χ4n) is 2.62. The lowest BCUT2D eigenvalue weighted by molar-refractivity contribution is -0.131. The first kappa shape index (κ1) is 23.5. The molecule has 2 N–H and O–H groups in total. The van der Waals surface area contributed by atoms with E-state index in [9.17, 15) is 9.59 Å². The summed E-state index contributed by atoms with van der Waals surface area (Å²) in [7, 11) is 1.71. The minimum atomic E-state index is -0.190. The summed E-state index contributed by atoms with van der Waals surface area (Å²) >= 11 is 6.78. The average molecular weight is 478 g/mol. The predicted molar refractivity (Wildman–Crippen MR) is 123 cm³/mol. The van der Waals surface area contributed by atoms with Gasteiger partial charge in [0.05, 0.1) is 18.4 Å². The van der Waals surface area contributed by atoms with Gasteiger partial charge in [0.25, 0.3) is 0 Å². The highest BCUT2D eigenvalue weighted by Crippen LogP contribution is 2.14. The van der Waals surface area contributed by atoms with Gasteiger partial charge in [-0.05, 0) is 30.7 Å². The van der Waals surface area contributed by atoms with Gasteiger partial charge in [0.1, 0.15) is 18.9 Å². The SMILES string of the molecule is Cc1ccc(OCCN(C)C(=O)Cn2cc(NC(=O)CCNc3nc(Cl)ns3)cn2)cc1. The van der Waals surface area contributed by atoms with E-state index in [4.69, 9.17) is 16.3 Å². The van der Waals surface area contributed by atoms with Crippen LogP contribution < -0.4 is 15.4 Å². The van der Waals surface area contributed by atoms with Crippen molar-refractivity contribution >= 4 is 45.8 Å². The van der Waals surface area contributed by atoms with E-state index >= 15 is 0 Å². The summed E-state index contributed by atoms with van der Waals surface area (Å²) in [6, 6.07) is 7.75. The molecule has 12 heteroatoms. The number of likely N-dealkylation sites (N-methyl/N-ethyl adjacent to an activating group) is 1. The van der Waals surface area contributed by atoms with Gasteiger partial charge in [-0.1, -0.05) is 17.7 Å². The summed E-state index contributed by atoms with van der Waals surface area (Å²) in [4.78, 5) is 30.0. The maximum atomic E-state index is 12.4. The molecule has 2 amide bonds. The Labute approximate surface area is 194 Å². The fraction of sp³-hybridized carbons (Fsp3) is 0.350. The second-order valence-electron chi connectivity index (χ2n) is 7.00. The lowest BCUT2D eigenvalue weighted by Crippen LogP contribution is -2.33. The van der Waals surface area contributed by atoms with Gasteiger partial charge in [0.2, 0.25) is 22.2 Å². The van der Waals surface area contributed by atoms with Gasteiger partial charge < -0.3 is 20.3 Å². The number of anilines is 2. The quantitative estimate of drug-likeness (QED) is 0.436. The maximum Gasteiger partial charge on any atom is 0.244 e. The molecular weight excluding hydrogens is 454 g/mol. The molecule has 10 nitrogen and oxygen atoms in total. The van der Waals surface area contributed by atoms with Crippen molar-refractivity contribution in [2.75, 3.05) is 37.4 Å². The molecule has 2 heterocycles. The van der Waals surface area contributed by atoms with E-state index in [0.29, 0.717) is 30.5 Å². The third kappa shape index (κ3) is 7.50. The van der Waals surface area contributed by atoms with Gasteiger partial charge in [-0.3, -0.25) is 14.3 Å². The first-order valence-corrected chi connectivity index (χ1v) is 11.0. The average Bonchev–Trinajstić information content (AvgIpc) is 3.37. The van der Waals surface area contributed by atoms with Crippen LogP contribution >= 0.6 is 23.1 Å². The Kier molecular flexibility index (Phi) is 8.40. The number of hydrogen-bond donors (Lipinski definition) is 2. The molecule has 3 aromatic rings. The van der Waals surface area contributed by atoms with E-state index < -0.39 is 0 Å². The van der Waals surface area contributed by atoms with Crippen LogP contribution in [0.1, 0.15) is 12.0 Å². The zero-order valence-electron chi connectivity index (χ0n) is 17.7. The number of carbonyl (C=O) groups is 2. The summed E-state index contributed by atoms with van der Waals surface area (Å²) < 4.78 is 11.0. The molecule has 0 atom stereocenters. The van der Waals surface area contributed by atoms with Crippen LogP contribution in [-0.4, -0.2) is 62.6 Å². The normalized spacial score (nSPS) is 10.6. The number of halogens is 1. The summed E-state index contributed by atoms with van der Waals surface area (Å²) in [5.74, 6) is 0.467. The molecule has 32 heavy (non-hydrogen) atoms. The van der Waals surface area contributed by atoms with Crippen LogP contribution in [0.3, 0.4) is 0 Å². The van der Waals surface area contributed by atoms with Crippen LogP contribution in [0.4, 0.5) is 10.8 Å². The molecule has 0 unspecified atom stereocenters. The van der Waals surface area contributed by atoms with E-state index in [0.717, 1.165) is 22.8 Å². The van der Waals surface area contributed by atoms with Crippen molar-refractivity contribution in [3.05, 3.63) is 47.5 Å². The van der Waals surface area contributed by atoms with Gasteiger partial charge in [-0.2, -0.15) is 14.5 Å². The molecule has 0 spiro atoms. The minimum absolute atomic E-state index is 0.0657. The number of amides is 2. The van der Waals surface area contributed by atoms with Gasteiger partial charge in [-0.15, -0.1) is 0 Å². The first-order chi connectivity index (χ1) is 15.4. The van der Waals surface area contributed by atoms with Crippen molar-refractivity contribution in [1.29, 1.82) is 0 Å². The number of nitrogens with zero attached hydrogens (tertiary/aromatic N) is 5. The molecule has 170 valence electrons. The summed E-state index contributed by atoms with van der Waals surface area (Å²) in [6.07, 6.45) is 3.35. The molecule has 0 aliphatic heterocycles. The van der Waals surface area contributed by atoms with E-state index in [-0.39, 0.29) is 30.1 Å². The summed E-state index contributed by atoms with van der Waals surface area (Å²) in [6.45, 7) is 3.31. The fourth-order valence-corrected chi connectivity index (χ4v) is 3.35. The van der Waals surface area contributed by atoms with Crippen LogP contribution in [0.15, 0.2) is 36.7 Å². The Bertz CT molecular complexity index is 1040. The van der Waals surface area contributed by atoms with E-state index in [2.05, 4.69) is 25.1 Å². The Hall–Kier alpha value is -3.18. The molecule has 0 saturated heterocycles. The lowest BCUT2D eigenvalue weighted by Gasteiger charge is -2.17. The number of hydrogen-bond acceptors (Lipinski definition) is 8. The van der Waals surface area contributed by atoms with E-state index in [1.54, 1.807) is 18.1 Å². The van der Waals surface area contributed by atoms with Crippen LogP contribution in [0.2, 0.25) is 5.28 Å². The van der Waals surface area contributed by atoms with E-state index in [1.165, 1.54) is 10.9 Å². The largest absolute Gasteiger partial charge is 0.492 e. The van der Waals surface area contributed by atoms with E-state index in [1.807, 2.05) is 31.2 Å². The topological polar surface area (TPSA) is 114 Å². The smallest absolute Gasteiger partial charge is 0.244 e. The minimum Gasteiger partial charge on any atom is -0.492 e. The molecule has 0 saturated carbocycles. The number of nitrogens with one attached hydrogen (secondary N) is 2. The van der Waals surface area contributed by atoms with Gasteiger partial charge in [0, 0.05) is 37.7 Å². The second-order valence-corrected chi connectivity index (χ2v) is 8.09. The van der Waals surface area contributed by atoms with Crippen molar-refractivity contribution < 1.29 is 14.3 Å². The van der Waals surface area contributed by atoms with Gasteiger partial charge >= 0.3 is 0 Å². The molecule has 1 aromatic carbocycles. The molecule has 0 aliphatic rings. The number of ether oxygens (including phenoxy) is 1. The number of carbonyl (C=O) groups excluding carboxylic acids is 2. The Balaban J connectivity index is 1.36. The van der Waals surface area contributed by atoms with Crippen molar-refractivity contribution in [3.8, 4) is 5.75 Å². The highest BCUT2D eigenvalue weighted by molar-refractivity contribution is 7.09. The van der Waals surface area contributed by atoms with Crippen molar-refractivity contribution in [2.24, 2.45) is 0 Å².